The molecule has 1 aliphatic rings. The van der Waals surface area contributed by atoms with Gasteiger partial charge in [0.15, 0.2) is 0 Å². The highest BCUT2D eigenvalue weighted by atomic mass is 19.4. The Hall–Kier alpha value is -3.10. The van der Waals surface area contributed by atoms with Gasteiger partial charge in [-0.25, -0.2) is 4.79 Å². The molecule has 2 aromatic rings. The topological polar surface area (TPSA) is 85.6 Å². The highest BCUT2D eigenvalue weighted by Crippen LogP contribution is 2.38. The Balaban J connectivity index is 2.05. The molecule has 2 heterocycles. The van der Waals surface area contributed by atoms with Gasteiger partial charge in [-0.1, -0.05) is 18.9 Å². The number of alkyl halides is 6. The van der Waals surface area contributed by atoms with Crippen LogP contribution in [-0.4, -0.2) is 69.1 Å². The molecule has 0 bridgehead atoms. The largest absolute Gasteiger partial charge is 0.447 e. The van der Waals surface area contributed by atoms with E-state index in [-0.39, 0.29) is 55.5 Å². The molecule has 1 amide bonds. The minimum atomic E-state index is -4.98. The SMILES string of the molecule is CC[C@@H]1CC(N(Cc2cc(C(F)(F)F)cc(C(F)(F)F)c2)c2nnn(CCOC)n2)C[C@H](CC)N1C(=O)OC(C)C. The van der Waals surface area contributed by atoms with Crippen molar-refractivity contribution in [1.29, 1.82) is 0 Å². The second-order valence-electron chi connectivity index (χ2n) is 10.3. The number of likely N-dealkylation sites (tertiary alicyclic amines) is 1. The minimum absolute atomic E-state index is 0.0555. The van der Waals surface area contributed by atoms with E-state index in [1.165, 1.54) is 11.9 Å². The second-order valence-corrected chi connectivity index (χ2v) is 10.3. The zero-order valence-electron chi connectivity index (χ0n) is 23.7. The summed E-state index contributed by atoms with van der Waals surface area (Å²) in [6, 6.07) is 0.526. The zero-order valence-corrected chi connectivity index (χ0v) is 23.7. The highest BCUT2D eigenvalue weighted by molar-refractivity contribution is 5.69. The first-order chi connectivity index (χ1) is 19.2. The zero-order chi connectivity index (χ0) is 30.5. The standard InChI is InChI=1S/C26H36F6N6O3/c1-6-20-13-22(14-21(7-2)38(20)24(39)41-16(3)4)36(23-33-35-37(34-23)8-9-40-5)15-17-10-18(25(27,28)29)12-19(11-17)26(30,31)32/h10-12,16,20-22H,6-9,13-15H2,1-5H3/t20-,21+,22?. The summed E-state index contributed by atoms with van der Waals surface area (Å²) in [5.41, 5.74) is -3.01. The number of amides is 1. The van der Waals surface area contributed by atoms with Crippen LogP contribution in [0.1, 0.15) is 70.1 Å². The molecule has 15 heteroatoms. The summed E-state index contributed by atoms with van der Waals surface area (Å²) in [6.45, 7) is 7.48. The van der Waals surface area contributed by atoms with Gasteiger partial charge in [-0.3, -0.25) is 0 Å². The fourth-order valence-corrected chi connectivity index (χ4v) is 5.08. The summed E-state index contributed by atoms with van der Waals surface area (Å²) in [6.07, 6.45) is -8.89. The summed E-state index contributed by atoms with van der Waals surface area (Å²) in [5, 5.41) is 12.4. The molecular formula is C26H36F6N6O3. The second kappa shape index (κ2) is 13.3. The lowest BCUT2D eigenvalue weighted by molar-refractivity contribution is -0.143. The number of benzene rings is 1. The Morgan fingerprint density at radius 2 is 1.59 bits per heavy atom. The van der Waals surface area contributed by atoms with E-state index in [4.69, 9.17) is 9.47 Å². The van der Waals surface area contributed by atoms with Crippen LogP contribution in [0.25, 0.3) is 0 Å². The number of tetrazole rings is 1. The van der Waals surface area contributed by atoms with Crippen LogP contribution in [-0.2, 0) is 34.9 Å². The molecular weight excluding hydrogens is 558 g/mol. The first-order valence-electron chi connectivity index (χ1n) is 13.5. The van der Waals surface area contributed by atoms with Gasteiger partial charge >= 0.3 is 18.4 Å². The van der Waals surface area contributed by atoms with Gasteiger partial charge in [0.25, 0.3) is 5.95 Å². The van der Waals surface area contributed by atoms with E-state index in [1.54, 1.807) is 23.6 Å². The minimum Gasteiger partial charge on any atom is -0.447 e. The maximum absolute atomic E-state index is 13.6. The molecule has 230 valence electrons. The fraction of sp³-hybridized carbons (Fsp3) is 0.692. The predicted octanol–water partition coefficient (Wildman–Crippen LogP) is 5.93. The number of ether oxygens (including phenoxy) is 2. The lowest BCUT2D eigenvalue weighted by atomic mass is 9.87. The lowest BCUT2D eigenvalue weighted by Gasteiger charge is -2.47. The third-order valence-corrected chi connectivity index (χ3v) is 7.00. The van der Waals surface area contributed by atoms with Crippen LogP contribution in [0, 0.1) is 0 Å². The summed E-state index contributed by atoms with van der Waals surface area (Å²) in [5.74, 6) is 0.0555. The van der Waals surface area contributed by atoms with Gasteiger partial charge in [0, 0.05) is 31.8 Å². The molecule has 9 nitrogen and oxygen atoms in total. The monoisotopic (exact) mass is 594 g/mol. The summed E-state index contributed by atoms with van der Waals surface area (Å²) < 4.78 is 92.1. The quantitative estimate of drug-likeness (QED) is 0.315. The van der Waals surface area contributed by atoms with E-state index in [0.29, 0.717) is 37.8 Å². The molecule has 0 saturated carbocycles. The summed E-state index contributed by atoms with van der Waals surface area (Å²) >= 11 is 0. The van der Waals surface area contributed by atoms with Crippen molar-refractivity contribution in [2.24, 2.45) is 0 Å². The van der Waals surface area contributed by atoms with Crippen molar-refractivity contribution in [2.75, 3.05) is 18.6 Å². The average molecular weight is 595 g/mol. The maximum Gasteiger partial charge on any atom is 0.416 e. The van der Waals surface area contributed by atoms with E-state index >= 15 is 0 Å². The third-order valence-electron chi connectivity index (χ3n) is 7.00. The Labute approximate surface area is 234 Å². The van der Waals surface area contributed by atoms with Crippen molar-refractivity contribution < 1.29 is 40.6 Å². The number of rotatable bonds is 10. The van der Waals surface area contributed by atoms with Crippen LogP contribution < -0.4 is 4.90 Å². The molecule has 0 N–H and O–H groups in total. The number of hydrogen-bond donors (Lipinski definition) is 0. The van der Waals surface area contributed by atoms with E-state index in [0.717, 1.165) is 0 Å². The van der Waals surface area contributed by atoms with Gasteiger partial charge in [-0.2, -0.15) is 31.1 Å². The fourth-order valence-electron chi connectivity index (χ4n) is 5.08. The number of anilines is 1. The molecule has 41 heavy (non-hydrogen) atoms. The van der Waals surface area contributed by atoms with Crippen molar-refractivity contribution in [1.82, 2.24) is 25.1 Å². The van der Waals surface area contributed by atoms with Gasteiger partial charge < -0.3 is 19.3 Å². The molecule has 0 spiro atoms. The van der Waals surface area contributed by atoms with Crippen molar-refractivity contribution in [3.63, 3.8) is 0 Å². The average Bonchev–Trinajstić information content (AvgIpc) is 3.36. The molecule has 0 aliphatic carbocycles. The van der Waals surface area contributed by atoms with Gasteiger partial charge in [0.2, 0.25) is 0 Å². The molecule has 3 rings (SSSR count). The van der Waals surface area contributed by atoms with Gasteiger partial charge in [-0.15, -0.1) is 5.10 Å². The van der Waals surface area contributed by atoms with Crippen molar-refractivity contribution in [2.45, 2.75) is 103 Å². The van der Waals surface area contributed by atoms with Crippen molar-refractivity contribution >= 4 is 12.0 Å². The van der Waals surface area contributed by atoms with Gasteiger partial charge in [0.1, 0.15) is 0 Å². The number of nitrogens with zero attached hydrogens (tertiary/aromatic N) is 6. The number of methoxy groups -OCH3 is 1. The van der Waals surface area contributed by atoms with E-state index in [2.05, 4.69) is 15.4 Å². The Bertz CT molecular complexity index is 1110. The van der Waals surface area contributed by atoms with Gasteiger partial charge in [-0.05, 0) is 68.5 Å². The third kappa shape index (κ3) is 8.23. The van der Waals surface area contributed by atoms with Crippen molar-refractivity contribution in [3.05, 3.63) is 34.9 Å². The van der Waals surface area contributed by atoms with E-state index in [1.807, 2.05) is 13.8 Å². The molecule has 1 fully saturated rings. The maximum atomic E-state index is 13.6. The highest BCUT2D eigenvalue weighted by Gasteiger charge is 2.42. The van der Waals surface area contributed by atoms with Crippen LogP contribution in [0.2, 0.25) is 0 Å². The van der Waals surface area contributed by atoms with Crippen LogP contribution in [0.3, 0.4) is 0 Å². The summed E-state index contributed by atoms with van der Waals surface area (Å²) in [4.78, 5) is 17.5. The number of piperidine rings is 1. The lowest BCUT2D eigenvalue weighted by Crippen LogP contribution is -2.57. The molecule has 1 aliphatic heterocycles. The van der Waals surface area contributed by atoms with Crippen LogP contribution >= 0.6 is 0 Å². The van der Waals surface area contributed by atoms with Crippen LogP contribution in [0.15, 0.2) is 18.2 Å². The molecule has 1 aromatic carbocycles. The van der Waals surface area contributed by atoms with Gasteiger partial charge in [0.05, 0.1) is 30.4 Å². The Morgan fingerprint density at radius 1 is 1.02 bits per heavy atom. The number of carbonyl (C=O) groups excluding carboxylic acids is 1. The van der Waals surface area contributed by atoms with Crippen molar-refractivity contribution in [3.8, 4) is 0 Å². The molecule has 1 aromatic heterocycles. The van der Waals surface area contributed by atoms with Crippen LogP contribution in [0.5, 0.6) is 0 Å². The predicted molar refractivity (Wildman–Crippen MR) is 137 cm³/mol. The summed E-state index contributed by atoms with van der Waals surface area (Å²) in [7, 11) is 1.49. The van der Waals surface area contributed by atoms with E-state index < -0.39 is 35.6 Å². The Kier molecular flexibility index (Phi) is 10.5. The number of carbonyl (C=O) groups is 1. The first-order valence-corrected chi connectivity index (χ1v) is 13.5. The normalized spacial score (nSPS) is 20.0. The smallest absolute Gasteiger partial charge is 0.416 e. The molecule has 0 radical (unpaired) electrons. The number of halogens is 6. The van der Waals surface area contributed by atoms with E-state index in [9.17, 15) is 31.1 Å². The molecule has 3 atom stereocenters. The number of hydrogen-bond acceptors (Lipinski definition) is 7. The van der Waals surface area contributed by atoms with Crippen LogP contribution in [0.4, 0.5) is 37.1 Å². The molecule has 1 unspecified atom stereocenters. The number of aromatic nitrogens is 4. The first kappa shape index (κ1) is 32.4. The Morgan fingerprint density at radius 3 is 2.05 bits per heavy atom. The molecule has 1 saturated heterocycles.